The van der Waals surface area contributed by atoms with Gasteiger partial charge in [-0.25, -0.2) is 9.97 Å². The fraction of sp³-hybridized carbons (Fsp3) is 0.571. The smallest absolute Gasteiger partial charge is 0.270 e. The maximum atomic E-state index is 13.0. The lowest BCUT2D eigenvalue weighted by atomic mass is 10.2. The molecule has 0 unspecified atom stereocenters. The Morgan fingerprint density at radius 1 is 1.13 bits per heavy atom. The molecule has 2 N–H and O–H groups in total. The van der Waals surface area contributed by atoms with E-state index >= 15 is 0 Å². The van der Waals surface area contributed by atoms with Gasteiger partial charge < -0.3 is 29.7 Å². The van der Waals surface area contributed by atoms with E-state index in [1.807, 2.05) is 18.3 Å². The minimum absolute atomic E-state index is 0.00757. The first-order valence-corrected chi connectivity index (χ1v) is 14.2. The zero-order valence-corrected chi connectivity index (χ0v) is 23.0. The van der Waals surface area contributed by atoms with E-state index in [0.717, 1.165) is 82.0 Å². The molecule has 0 aromatic carbocycles. The van der Waals surface area contributed by atoms with Crippen molar-refractivity contribution in [3.63, 3.8) is 0 Å². The monoisotopic (exact) mass is 533 g/mol. The van der Waals surface area contributed by atoms with Gasteiger partial charge in [0.2, 0.25) is 5.95 Å². The first-order valence-electron chi connectivity index (χ1n) is 14.2. The summed E-state index contributed by atoms with van der Waals surface area (Å²) in [6, 6.07) is 6.29. The molecule has 3 aliphatic rings. The second-order valence-electron chi connectivity index (χ2n) is 11.0. The number of anilines is 3. The van der Waals surface area contributed by atoms with Crippen LogP contribution in [0.4, 0.5) is 17.5 Å². The number of nitrogens with one attached hydrogen (secondary N) is 2. The number of hydrogen-bond acceptors (Lipinski definition) is 9. The average Bonchev–Trinajstić information content (AvgIpc) is 3.62. The van der Waals surface area contributed by atoms with Gasteiger partial charge in [0, 0.05) is 77.5 Å². The van der Waals surface area contributed by atoms with Crippen molar-refractivity contribution in [2.45, 2.75) is 37.8 Å². The molecule has 11 nitrogen and oxygen atoms in total. The Hall–Kier alpha value is -3.28. The van der Waals surface area contributed by atoms with Crippen molar-refractivity contribution in [2.24, 2.45) is 0 Å². The highest BCUT2D eigenvalue weighted by molar-refractivity contribution is 5.97. The highest BCUT2D eigenvalue weighted by atomic mass is 16.5. The predicted molar refractivity (Wildman–Crippen MR) is 152 cm³/mol. The summed E-state index contributed by atoms with van der Waals surface area (Å²) in [6.07, 6.45) is 8.48. The molecule has 6 rings (SSSR count). The molecule has 208 valence electrons. The van der Waals surface area contributed by atoms with Crippen LogP contribution in [0.2, 0.25) is 0 Å². The molecule has 1 aliphatic carbocycles. The summed E-state index contributed by atoms with van der Waals surface area (Å²) < 4.78 is 8.00. The molecule has 5 heterocycles. The standard InChI is InChI=1S/C28H39N9O2/c1-34(2)27(38)24-15-20-16-31-28(33-26(20)37(24)21-5-3-4-6-21)32-25-8-7-22(17-30-25)36-12-10-35(11-13-36)19-23-18-29-9-14-39-23/h7-8,15-17,21,23,29H,3-6,9-14,18-19H2,1-2H3,(H,30,31,32,33)/t23-/m1/s1. The normalized spacial score (nSPS) is 21.0. The van der Waals surface area contributed by atoms with Crippen molar-refractivity contribution in [3.8, 4) is 0 Å². The van der Waals surface area contributed by atoms with Crippen LogP contribution >= 0.6 is 0 Å². The minimum atomic E-state index is -0.00757. The molecule has 3 aromatic heterocycles. The molecular formula is C28H39N9O2. The molecule has 1 atom stereocenters. The van der Waals surface area contributed by atoms with Crippen LogP contribution < -0.4 is 15.5 Å². The summed E-state index contributed by atoms with van der Waals surface area (Å²) in [5, 5.41) is 7.56. The molecule has 2 aliphatic heterocycles. The largest absolute Gasteiger partial charge is 0.374 e. The summed E-state index contributed by atoms with van der Waals surface area (Å²) in [6.45, 7) is 7.67. The summed E-state index contributed by atoms with van der Waals surface area (Å²) in [4.78, 5) is 33.5. The van der Waals surface area contributed by atoms with Crippen LogP contribution in [0.25, 0.3) is 11.0 Å². The Kier molecular flexibility index (Phi) is 7.62. The van der Waals surface area contributed by atoms with Gasteiger partial charge in [-0.1, -0.05) is 12.8 Å². The summed E-state index contributed by atoms with van der Waals surface area (Å²) >= 11 is 0. The SMILES string of the molecule is CN(C)C(=O)c1cc2cnc(Nc3ccc(N4CCN(C[C@H]5CNCCO5)CC4)cn3)nc2n1C1CCCC1. The van der Waals surface area contributed by atoms with Gasteiger partial charge in [-0.2, -0.15) is 4.98 Å². The summed E-state index contributed by atoms with van der Waals surface area (Å²) in [5.74, 6) is 1.17. The molecule has 0 bridgehead atoms. The topological polar surface area (TPSA) is 104 Å². The van der Waals surface area contributed by atoms with Gasteiger partial charge in [0.05, 0.1) is 24.6 Å². The van der Waals surface area contributed by atoms with Gasteiger partial charge in [-0.05, 0) is 31.0 Å². The molecule has 3 fully saturated rings. The van der Waals surface area contributed by atoms with Crippen molar-refractivity contribution in [1.29, 1.82) is 0 Å². The van der Waals surface area contributed by atoms with Crippen LogP contribution in [0.1, 0.15) is 42.2 Å². The van der Waals surface area contributed by atoms with Crippen LogP contribution in [0.5, 0.6) is 0 Å². The van der Waals surface area contributed by atoms with E-state index in [1.165, 1.54) is 12.8 Å². The molecule has 11 heteroatoms. The fourth-order valence-corrected chi connectivity index (χ4v) is 5.97. The highest BCUT2D eigenvalue weighted by Crippen LogP contribution is 2.35. The number of amides is 1. The van der Waals surface area contributed by atoms with Gasteiger partial charge in [-0.15, -0.1) is 0 Å². The number of pyridine rings is 1. The van der Waals surface area contributed by atoms with E-state index in [-0.39, 0.29) is 11.9 Å². The number of carbonyl (C=O) groups is 1. The molecule has 39 heavy (non-hydrogen) atoms. The van der Waals surface area contributed by atoms with E-state index in [4.69, 9.17) is 9.72 Å². The number of piperazine rings is 1. The zero-order chi connectivity index (χ0) is 26.8. The van der Waals surface area contributed by atoms with E-state index in [1.54, 1.807) is 25.2 Å². The Morgan fingerprint density at radius 2 is 1.95 bits per heavy atom. The van der Waals surface area contributed by atoms with Crippen LogP contribution in [-0.4, -0.2) is 108 Å². The zero-order valence-electron chi connectivity index (χ0n) is 23.0. The minimum Gasteiger partial charge on any atom is -0.374 e. The summed E-state index contributed by atoms with van der Waals surface area (Å²) in [5.41, 5.74) is 2.60. The lowest BCUT2D eigenvalue weighted by Gasteiger charge is -2.38. The Labute approximate surface area is 229 Å². The van der Waals surface area contributed by atoms with Gasteiger partial charge in [0.15, 0.2) is 0 Å². The van der Waals surface area contributed by atoms with Crippen LogP contribution in [0.3, 0.4) is 0 Å². The number of aromatic nitrogens is 4. The van der Waals surface area contributed by atoms with Gasteiger partial charge >= 0.3 is 0 Å². The number of nitrogens with zero attached hydrogens (tertiary/aromatic N) is 7. The third-order valence-electron chi connectivity index (χ3n) is 8.08. The Morgan fingerprint density at radius 3 is 2.64 bits per heavy atom. The average molecular weight is 534 g/mol. The molecular weight excluding hydrogens is 494 g/mol. The Bertz CT molecular complexity index is 1270. The molecule has 1 amide bonds. The van der Waals surface area contributed by atoms with Gasteiger partial charge in [-0.3, -0.25) is 9.69 Å². The molecule has 2 saturated heterocycles. The first kappa shape index (κ1) is 26.0. The number of rotatable bonds is 7. The third-order valence-corrected chi connectivity index (χ3v) is 8.08. The quantitative estimate of drug-likeness (QED) is 0.474. The third kappa shape index (κ3) is 5.70. The van der Waals surface area contributed by atoms with Gasteiger partial charge in [0.25, 0.3) is 5.91 Å². The number of ether oxygens (including phenoxy) is 1. The molecule has 0 radical (unpaired) electrons. The van der Waals surface area contributed by atoms with Crippen molar-refractivity contribution >= 4 is 34.4 Å². The lowest BCUT2D eigenvalue weighted by molar-refractivity contribution is 0.00465. The van der Waals surface area contributed by atoms with E-state index < -0.39 is 0 Å². The van der Waals surface area contributed by atoms with Crippen molar-refractivity contribution in [1.82, 2.24) is 34.6 Å². The highest BCUT2D eigenvalue weighted by Gasteiger charge is 2.27. The molecule has 3 aromatic rings. The molecule has 1 saturated carbocycles. The molecule has 0 spiro atoms. The fourth-order valence-electron chi connectivity index (χ4n) is 5.97. The van der Waals surface area contributed by atoms with Crippen LogP contribution in [0.15, 0.2) is 30.6 Å². The first-order chi connectivity index (χ1) is 19.0. The number of carbonyl (C=O) groups excluding carboxylic acids is 1. The number of fused-ring (bicyclic) bond motifs is 1. The van der Waals surface area contributed by atoms with Crippen molar-refractivity contribution in [3.05, 3.63) is 36.3 Å². The lowest BCUT2D eigenvalue weighted by Crippen LogP contribution is -2.51. The van der Waals surface area contributed by atoms with Crippen LogP contribution in [0, 0.1) is 0 Å². The second-order valence-corrected chi connectivity index (χ2v) is 11.0. The second kappa shape index (κ2) is 11.4. The van der Waals surface area contributed by atoms with Crippen molar-refractivity contribution in [2.75, 3.05) is 76.7 Å². The summed E-state index contributed by atoms with van der Waals surface area (Å²) in [7, 11) is 3.58. The maximum Gasteiger partial charge on any atom is 0.270 e. The van der Waals surface area contributed by atoms with E-state index in [0.29, 0.717) is 23.6 Å². The maximum absolute atomic E-state index is 13.0. The van der Waals surface area contributed by atoms with Gasteiger partial charge in [0.1, 0.15) is 17.2 Å². The Balaban J connectivity index is 1.12. The van der Waals surface area contributed by atoms with E-state index in [2.05, 4.69) is 41.0 Å². The number of morpholine rings is 1. The number of hydrogen-bond donors (Lipinski definition) is 2. The van der Waals surface area contributed by atoms with Crippen molar-refractivity contribution < 1.29 is 9.53 Å². The van der Waals surface area contributed by atoms with E-state index in [9.17, 15) is 4.79 Å². The van der Waals surface area contributed by atoms with Crippen LogP contribution in [-0.2, 0) is 4.74 Å². The predicted octanol–water partition coefficient (Wildman–Crippen LogP) is 2.50.